The van der Waals surface area contributed by atoms with Crippen molar-refractivity contribution in [3.8, 4) is 0 Å². The van der Waals surface area contributed by atoms with E-state index in [2.05, 4.69) is 10.4 Å². The van der Waals surface area contributed by atoms with Gasteiger partial charge in [-0.15, -0.1) is 0 Å². The summed E-state index contributed by atoms with van der Waals surface area (Å²) in [4.78, 5) is 11.9. The number of anilines is 1. The summed E-state index contributed by atoms with van der Waals surface area (Å²) in [6.45, 7) is 2.52. The molecule has 4 nitrogen and oxygen atoms in total. The summed E-state index contributed by atoms with van der Waals surface area (Å²) < 4.78 is 39.3. The fourth-order valence-corrected chi connectivity index (χ4v) is 1.63. The number of aromatic nitrogens is 2. The Hall–Kier alpha value is -2.31. The lowest BCUT2D eigenvalue weighted by Gasteiger charge is -2.08. The molecule has 20 heavy (non-hydrogen) atoms. The van der Waals surface area contributed by atoms with E-state index < -0.39 is 17.6 Å². The molecule has 0 unspecified atom stereocenters. The molecule has 0 radical (unpaired) electrons. The number of alkyl halides is 3. The quantitative estimate of drug-likeness (QED) is 0.940. The Balaban J connectivity index is 2.17. The van der Waals surface area contributed by atoms with Gasteiger partial charge in [0, 0.05) is 24.4 Å². The fraction of sp³-hybridized carbons (Fsp3) is 0.231. The zero-order valence-electron chi connectivity index (χ0n) is 10.6. The predicted molar refractivity (Wildman–Crippen MR) is 67.3 cm³/mol. The number of nitrogens with zero attached hydrogens (tertiary/aromatic N) is 2. The normalized spacial score (nSPS) is 11.4. The van der Waals surface area contributed by atoms with Gasteiger partial charge in [-0.1, -0.05) is 6.07 Å². The zero-order chi connectivity index (χ0) is 14.8. The molecule has 2 aromatic rings. The first-order valence-electron chi connectivity index (χ1n) is 5.92. The number of halogens is 3. The number of rotatable bonds is 3. The van der Waals surface area contributed by atoms with Gasteiger partial charge in [0.25, 0.3) is 5.91 Å². The second-order valence-electron chi connectivity index (χ2n) is 4.09. The molecule has 7 heteroatoms. The standard InChI is InChI=1S/C13H12F3N3O/c1-2-19-7-6-11(18-19)17-12(20)9-4-3-5-10(8-9)13(14,15)16/h3-8H,2H2,1H3,(H,17,18,20). The summed E-state index contributed by atoms with van der Waals surface area (Å²) in [5.41, 5.74) is -0.921. The highest BCUT2D eigenvalue weighted by molar-refractivity contribution is 6.03. The summed E-state index contributed by atoms with van der Waals surface area (Å²) in [5.74, 6) is -0.327. The van der Waals surface area contributed by atoms with E-state index in [-0.39, 0.29) is 5.56 Å². The highest BCUT2D eigenvalue weighted by Crippen LogP contribution is 2.29. The van der Waals surface area contributed by atoms with Gasteiger partial charge in [-0.2, -0.15) is 18.3 Å². The molecule has 0 spiro atoms. The number of carbonyl (C=O) groups is 1. The number of aryl methyl sites for hydroxylation is 1. The van der Waals surface area contributed by atoms with Crippen LogP contribution in [0.2, 0.25) is 0 Å². The maximum Gasteiger partial charge on any atom is 0.416 e. The lowest BCUT2D eigenvalue weighted by Crippen LogP contribution is -2.14. The van der Waals surface area contributed by atoms with Crippen molar-refractivity contribution in [2.75, 3.05) is 5.32 Å². The van der Waals surface area contributed by atoms with Crippen molar-refractivity contribution in [1.29, 1.82) is 0 Å². The van der Waals surface area contributed by atoms with Crippen LogP contribution >= 0.6 is 0 Å². The SMILES string of the molecule is CCn1ccc(NC(=O)c2cccc(C(F)(F)F)c2)n1. The van der Waals surface area contributed by atoms with Gasteiger partial charge < -0.3 is 5.32 Å². The Bertz CT molecular complexity index is 619. The monoisotopic (exact) mass is 283 g/mol. The molecule has 1 aromatic carbocycles. The van der Waals surface area contributed by atoms with Crippen LogP contribution in [0.3, 0.4) is 0 Å². The second kappa shape index (κ2) is 5.36. The third-order valence-corrected chi connectivity index (χ3v) is 2.66. The van der Waals surface area contributed by atoms with E-state index in [1.165, 1.54) is 12.1 Å². The second-order valence-corrected chi connectivity index (χ2v) is 4.09. The van der Waals surface area contributed by atoms with Crippen LogP contribution in [-0.4, -0.2) is 15.7 Å². The van der Waals surface area contributed by atoms with Crippen molar-refractivity contribution in [3.63, 3.8) is 0 Å². The molecule has 1 amide bonds. The van der Waals surface area contributed by atoms with E-state index in [0.29, 0.717) is 12.4 Å². The van der Waals surface area contributed by atoms with Crippen molar-refractivity contribution >= 4 is 11.7 Å². The molecule has 0 aliphatic heterocycles. The Labute approximate surface area is 113 Å². The number of carbonyl (C=O) groups excluding carboxylic acids is 1. The molecule has 1 aromatic heterocycles. The van der Waals surface area contributed by atoms with Gasteiger partial charge in [-0.3, -0.25) is 9.48 Å². The minimum Gasteiger partial charge on any atom is -0.305 e. The van der Waals surface area contributed by atoms with E-state index in [4.69, 9.17) is 0 Å². The Morgan fingerprint density at radius 2 is 2.10 bits per heavy atom. The maximum absolute atomic E-state index is 12.6. The van der Waals surface area contributed by atoms with Crippen molar-refractivity contribution in [2.45, 2.75) is 19.6 Å². The van der Waals surface area contributed by atoms with Gasteiger partial charge in [0.2, 0.25) is 0 Å². The van der Waals surface area contributed by atoms with Crippen molar-refractivity contribution in [2.24, 2.45) is 0 Å². The molecular formula is C13H12F3N3O. The van der Waals surface area contributed by atoms with Gasteiger partial charge in [0.1, 0.15) is 0 Å². The van der Waals surface area contributed by atoms with Crippen LogP contribution in [0.15, 0.2) is 36.5 Å². The topological polar surface area (TPSA) is 46.9 Å². The van der Waals surface area contributed by atoms with E-state index in [9.17, 15) is 18.0 Å². The van der Waals surface area contributed by atoms with Crippen LogP contribution in [0.4, 0.5) is 19.0 Å². The highest BCUT2D eigenvalue weighted by Gasteiger charge is 2.30. The van der Waals surface area contributed by atoms with Crippen LogP contribution in [0.25, 0.3) is 0 Å². The molecule has 2 rings (SSSR count). The number of benzene rings is 1. The van der Waals surface area contributed by atoms with E-state index >= 15 is 0 Å². The molecule has 0 atom stereocenters. The number of amides is 1. The van der Waals surface area contributed by atoms with Crippen molar-refractivity contribution in [3.05, 3.63) is 47.7 Å². The summed E-state index contributed by atoms with van der Waals surface area (Å²) >= 11 is 0. The van der Waals surface area contributed by atoms with Crippen LogP contribution in [0, 0.1) is 0 Å². The first-order chi connectivity index (χ1) is 9.40. The summed E-state index contributed by atoms with van der Waals surface area (Å²) in [6.07, 6.45) is -2.80. The van der Waals surface area contributed by atoms with E-state index in [0.717, 1.165) is 12.1 Å². The minimum atomic E-state index is -4.47. The smallest absolute Gasteiger partial charge is 0.305 e. The average molecular weight is 283 g/mol. The third kappa shape index (κ3) is 3.17. The first kappa shape index (κ1) is 14.1. The summed E-state index contributed by atoms with van der Waals surface area (Å²) in [6, 6.07) is 5.83. The van der Waals surface area contributed by atoms with E-state index in [1.807, 2.05) is 6.92 Å². The lowest BCUT2D eigenvalue weighted by atomic mass is 10.1. The Morgan fingerprint density at radius 3 is 2.70 bits per heavy atom. The predicted octanol–water partition coefficient (Wildman–Crippen LogP) is 3.17. The Kier molecular flexibility index (Phi) is 3.78. The Morgan fingerprint density at radius 1 is 1.35 bits per heavy atom. The molecule has 106 valence electrons. The van der Waals surface area contributed by atoms with Gasteiger partial charge >= 0.3 is 6.18 Å². The molecule has 0 saturated carbocycles. The molecule has 0 bridgehead atoms. The van der Waals surface area contributed by atoms with E-state index in [1.54, 1.807) is 16.9 Å². The number of hydrogen-bond acceptors (Lipinski definition) is 2. The fourth-order valence-electron chi connectivity index (χ4n) is 1.63. The van der Waals surface area contributed by atoms with Crippen LogP contribution < -0.4 is 5.32 Å². The van der Waals surface area contributed by atoms with Crippen LogP contribution in [-0.2, 0) is 12.7 Å². The maximum atomic E-state index is 12.6. The average Bonchev–Trinajstić information content (AvgIpc) is 2.85. The summed E-state index contributed by atoms with van der Waals surface area (Å²) in [5, 5.41) is 6.48. The largest absolute Gasteiger partial charge is 0.416 e. The molecule has 0 saturated heterocycles. The van der Waals surface area contributed by atoms with Crippen LogP contribution in [0.5, 0.6) is 0 Å². The molecule has 0 aliphatic carbocycles. The summed E-state index contributed by atoms with van der Waals surface area (Å²) in [7, 11) is 0. The lowest BCUT2D eigenvalue weighted by molar-refractivity contribution is -0.137. The minimum absolute atomic E-state index is 0.0640. The van der Waals surface area contributed by atoms with Gasteiger partial charge in [0.05, 0.1) is 5.56 Å². The molecule has 0 fully saturated rings. The molecule has 0 aliphatic rings. The third-order valence-electron chi connectivity index (χ3n) is 2.66. The highest BCUT2D eigenvalue weighted by atomic mass is 19.4. The van der Waals surface area contributed by atoms with Crippen molar-refractivity contribution in [1.82, 2.24) is 9.78 Å². The number of hydrogen-bond donors (Lipinski definition) is 1. The molecule has 1 heterocycles. The van der Waals surface area contributed by atoms with Gasteiger partial charge in [-0.05, 0) is 25.1 Å². The first-order valence-corrected chi connectivity index (χ1v) is 5.92. The van der Waals surface area contributed by atoms with Gasteiger partial charge in [-0.25, -0.2) is 0 Å². The molecular weight excluding hydrogens is 271 g/mol. The van der Waals surface area contributed by atoms with Crippen LogP contribution in [0.1, 0.15) is 22.8 Å². The number of nitrogens with one attached hydrogen (secondary N) is 1. The zero-order valence-corrected chi connectivity index (χ0v) is 10.6. The molecule has 1 N–H and O–H groups in total. The van der Waals surface area contributed by atoms with Gasteiger partial charge in [0.15, 0.2) is 5.82 Å². The van der Waals surface area contributed by atoms with Crippen molar-refractivity contribution < 1.29 is 18.0 Å².